The van der Waals surface area contributed by atoms with Crippen molar-refractivity contribution >= 4 is 17.7 Å². The van der Waals surface area contributed by atoms with Crippen molar-refractivity contribution in [3.63, 3.8) is 0 Å². The van der Waals surface area contributed by atoms with Gasteiger partial charge in [0, 0.05) is 16.4 Å². The lowest BCUT2D eigenvalue weighted by Gasteiger charge is -2.67. The van der Waals surface area contributed by atoms with Crippen LogP contribution in [0.2, 0.25) is 0 Å². The van der Waals surface area contributed by atoms with Crippen molar-refractivity contribution in [1.29, 1.82) is 0 Å². The molecule has 0 aromatic heterocycles. The van der Waals surface area contributed by atoms with E-state index in [1.54, 1.807) is 44.4 Å². The summed E-state index contributed by atoms with van der Waals surface area (Å²) in [5.74, 6) is 1.12. The molecular formula is C32H40O6. The first-order valence-electron chi connectivity index (χ1n) is 13.8. The highest BCUT2D eigenvalue weighted by Gasteiger charge is 2.70. The minimum absolute atomic E-state index is 0.0268. The van der Waals surface area contributed by atoms with Crippen LogP contribution < -0.4 is 9.47 Å². The largest absolute Gasteiger partial charge is 0.497 e. The fourth-order valence-corrected chi connectivity index (χ4v) is 8.78. The van der Waals surface area contributed by atoms with Crippen LogP contribution in [0.1, 0.15) is 66.7 Å². The van der Waals surface area contributed by atoms with E-state index in [-0.39, 0.29) is 40.3 Å². The SMILES string of the molecule is COc1ccc(OC(=O)/C(C)=C/[C@H]2CC[C@@H]3[C@@]4(C)C(=O)C=CC(C)(C)C4CC[C@@]3(C)[C@@]23COC(=O)C3)cc1. The van der Waals surface area contributed by atoms with Crippen LogP contribution in [-0.2, 0) is 19.1 Å². The van der Waals surface area contributed by atoms with E-state index in [0.717, 1.165) is 25.7 Å². The lowest BCUT2D eigenvalue weighted by Crippen LogP contribution is -2.65. The summed E-state index contributed by atoms with van der Waals surface area (Å²) in [6.45, 7) is 11.0. The highest BCUT2D eigenvalue weighted by molar-refractivity contribution is 5.96. The topological polar surface area (TPSA) is 78.9 Å². The van der Waals surface area contributed by atoms with Gasteiger partial charge in [0.25, 0.3) is 0 Å². The predicted octanol–water partition coefficient (Wildman–Crippen LogP) is 6.09. The highest BCUT2D eigenvalue weighted by Crippen LogP contribution is 2.72. The molecule has 1 aromatic carbocycles. The maximum absolute atomic E-state index is 13.6. The lowest BCUT2D eigenvalue weighted by atomic mass is 9.35. The van der Waals surface area contributed by atoms with E-state index in [1.807, 2.05) is 6.08 Å². The Morgan fingerprint density at radius 3 is 2.32 bits per heavy atom. The summed E-state index contributed by atoms with van der Waals surface area (Å²) in [6, 6.07) is 6.91. The third-order valence-corrected chi connectivity index (χ3v) is 10.9. The Balaban J connectivity index is 1.48. The molecule has 204 valence electrons. The normalized spacial score (nSPS) is 37.8. The van der Waals surface area contributed by atoms with E-state index in [0.29, 0.717) is 30.1 Å². The average molecular weight is 521 g/mol. The number of carbonyl (C=O) groups is 3. The first kappa shape index (κ1) is 26.7. The molecule has 4 aliphatic rings. The summed E-state index contributed by atoms with van der Waals surface area (Å²) < 4.78 is 16.5. The molecule has 0 radical (unpaired) electrons. The molecule has 3 fully saturated rings. The zero-order valence-corrected chi connectivity index (χ0v) is 23.5. The van der Waals surface area contributed by atoms with Crippen LogP contribution in [-0.4, -0.2) is 31.4 Å². The molecule has 5 rings (SSSR count). The number of allylic oxidation sites excluding steroid dienone is 3. The number of hydrogen-bond donors (Lipinski definition) is 0. The number of methoxy groups -OCH3 is 1. The van der Waals surface area contributed by atoms with Crippen LogP contribution in [0.15, 0.2) is 48.1 Å². The molecule has 6 nitrogen and oxygen atoms in total. The Morgan fingerprint density at radius 2 is 1.68 bits per heavy atom. The van der Waals surface area contributed by atoms with Gasteiger partial charge < -0.3 is 14.2 Å². The molecule has 1 unspecified atom stereocenters. The predicted molar refractivity (Wildman–Crippen MR) is 143 cm³/mol. The maximum Gasteiger partial charge on any atom is 0.338 e. The Hall–Kier alpha value is -2.89. The molecule has 6 heteroatoms. The molecule has 1 heterocycles. The second kappa shape index (κ2) is 9.10. The van der Waals surface area contributed by atoms with Crippen molar-refractivity contribution in [2.45, 2.75) is 66.7 Å². The third-order valence-electron chi connectivity index (χ3n) is 10.9. The van der Waals surface area contributed by atoms with Crippen LogP contribution >= 0.6 is 0 Å². The van der Waals surface area contributed by atoms with E-state index in [9.17, 15) is 14.4 Å². The summed E-state index contributed by atoms with van der Waals surface area (Å²) >= 11 is 0. The second-order valence-corrected chi connectivity index (χ2v) is 13.0. The van der Waals surface area contributed by atoms with Crippen molar-refractivity contribution in [1.82, 2.24) is 0 Å². The van der Waals surface area contributed by atoms with Crippen LogP contribution in [0.25, 0.3) is 0 Å². The Labute approximate surface area is 225 Å². The number of cyclic esters (lactones) is 1. The van der Waals surface area contributed by atoms with Gasteiger partial charge in [0.2, 0.25) is 0 Å². The van der Waals surface area contributed by atoms with Crippen molar-refractivity contribution in [3.05, 3.63) is 48.1 Å². The van der Waals surface area contributed by atoms with Gasteiger partial charge in [0.1, 0.15) is 11.5 Å². The molecule has 0 bridgehead atoms. The summed E-state index contributed by atoms with van der Waals surface area (Å²) in [5, 5.41) is 0. The zero-order chi connectivity index (χ0) is 27.5. The number of hydrogen-bond acceptors (Lipinski definition) is 6. The average Bonchev–Trinajstić information content (AvgIpc) is 3.27. The molecule has 1 saturated heterocycles. The highest BCUT2D eigenvalue weighted by atomic mass is 16.5. The van der Waals surface area contributed by atoms with Crippen LogP contribution in [0.5, 0.6) is 11.5 Å². The van der Waals surface area contributed by atoms with E-state index < -0.39 is 16.8 Å². The standard InChI is InChI=1S/C32H40O6/c1-20(28(35)38-23-10-8-22(36-6)9-11-23)17-21-7-12-25-30(4,32(21)18-27(34)37-19-32)16-13-24-29(2,3)15-14-26(33)31(24,25)5/h8-11,14-15,17,21,24-25H,7,12-13,16,18-19H2,1-6H3/b20-17+/t21-,24?,25+,30-,31+,32+/m1/s1. The molecule has 38 heavy (non-hydrogen) atoms. The molecule has 0 N–H and O–H groups in total. The smallest absolute Gasteiger partial charge is 0.338 e. The quantitative estimate of drug-likeness (QED) is 0.271. The molecule has 1 spiro atoms. The van der Waals surface area contributed by atoms with Crippen molar-refractivity contribution in [3.8, 4) is 11.5 Å². The van der Waals surface area contributed by atoms with Gasteiger partial charge in [-0.2, -0.15) is 0 Å². The number of carbonyl (C=O) groups excluding carboxylic acids is 3. The van der Waals surface area contributed by atoms with Gasteiger partial charge in [0.05, 0.1) is 20.1 Å². The fourth-order valence-electron chi connectivity index (χ4n) is 8.78. The van der Waals surface area contributed by atoms with Crippen LogP contribution in [0.3, 0.4) is 0 Å². The molecule has 0 amide bonds. The molecule has 2 saturated carbocycles. The minimum atomic E-state index is -0.485. The van der Waals surface area contributed by atoms with Crippen LogP contribution in [0, 0.1) is 39.4 Å². The number of ether oxygens (including phenoxy) is 3. The lowest BCUT2D eigenvalue weighted by molar-refractivity contribution is -0.191. The van der Waals surface area contributed by atoms with E-state index >= 15 is 0 Å². The minimum Gasteiger partial charge on any atom is -0.497 e. The Kier molecular flexibility index (Phi) is 6.39. The number of fused-ring (bicyclic) bond motifs is 4. The number of ketones is 1. The van der Waals surface area contributed by atoms with Gasteiger partial charge in [-0.1, -0.05) is 39.8 Å². The van der Waals surface area contributed by atoms with Gasteiger partial charge in [-0.15, -0.1) is 0 Å². The molecule has 1 aromatic rings. The van der Waals surface area contributed by atoms with E-state index in [4.69, 9.17) is 14.2 Å². The van der Waals surface area contributed by atoms with Gasteiger partial charge in [0.15, 0.2) is 5.78 Å². The Morgan fingerprint density at radius 1 is 1.00 bits per heavy atom. The van der Waals surface area contributed by atoms with Crippen molar-refractivity contribution < 1.29 is 28.6 Å². The van der Waals surface area contributed by atoms with Gasteiger partial charge in [-0.3, -0.25) is 9.59 Å². The maximum atomic E-state index is 13.6. The number of esters is 2. The third kappa shape index (κ3) is 3.85. The first-order chi connectivity index (χ1) is 17.9. The van der Waals surface area contributed by atoms with Gasteiger partial charge >= 0.3 is 11.9 Å². The zero-order valence-electron chi connectivity index (χ0n) is 23.5. The summed E-state index contributed by atoms with van der Waals surface area (Å²) in [7, 11) is 1.59. The first-order valence-corrected chi connectivity index (χ1v) is 13.8. The fraction of sp³-hybridized carbons (Fsp3) is 0.594. The molecule has 3 aliphatic carbocycles. The summed E-state index contributed by atoms with van der Waals surface area (Å²) in [6.07, 6.45) is 9.74. The summed E-state index contributed by atoms with van der Waals surface area (Å²) in [4.78, 5) is 39.4. The van der Waals surface area contributed by atoms with Gasteiger partial charge in [-0.05, 0) is 91.5 Å². The van der Waals surface area contributed by atoms with Crippen molar-refractivity contribution in [2.75, 3.05) is 13.7 Å². The van der Waals surface area contributed by atoms with Crippen molar-refractivity contribution in [2.24, 2.45) is 39.4 Å². The monoisotopic (exact) mass is 520 g/mol. The van der Waals surface area contributed by atoms with E-state index in [2.05, 4.69) is 33.8 Å². The van der Waals surface area contributed by atoms with E-state index in [1.165, 1.54) is 0 Å². The molecular weight excluding hydrogens is 480 g/mol. The molecule has 6 atom stereocenters. The van der Waals surface area contributed by atoms with Crippen LogP contribution in [0.4, 0.5) is 0 Å². The second-order valence-electron chi connectivity index (χ2n) is 13.0. The number of benzene rings is 1. The van der Waals surface area contributed by atoms with Gasteiger partial charge in [-0.25, -0.2) is 4.79 Å². The number of rotatable bonds is 4. The summed E-state index contributed by atoms with van der Waals surface area (Å²) in [5.41, 5.74) is -0.766. The Bertz CT molecular complexity index is 1210. The molecule has 1 aliphatic heterocycles.